The molecule has 0 saturated heterocycles. The minimum Gasteiger partial charge on any atom is -0.0683 e. The average Bonchev–Trinajstić information content (AvgIpc) is 3.75. The lowest BCUT2D eigenvalue weighted by Crippen LogP contribution is -2.21. The Bertz CT molecular complexity index is 463. The quantitative estimate of drug-likeness (QED) is 0.152. The van der Waals surface area contributed by atoms with Crippen molar-refractivity contribution < 1.29 is 0 Å². The fraction of sp³-hybridized carbons (Fsp3) is 1.00. The molecule has 0 bridgehead atoms. The van der Waals surface area contributed by atoms with Crippen LogP contribution < -0.4 is 0 Å². The summed E-state index contributed by atoms with van der Waals surface area (Å²) in [6, 6.07) is 0. The molecule has 0 heteroatoms. The Hall–Kier alpha value is 0. The topological polar surface area (TPSA) is 0 Å². The Morgan fingerprint density at radius 1 is 0.535 bits per heavy atom. The van der Waals surface area contributed by atoms with E-state index in [4.69, 9.17) is 0 Å². The largest absolute Gasteiger partial charge is 0.0683 e. The van der Waals surface area contributed by atoms with Gasteiger partial charge in [0.15, 0.2) is 0 Å². The average molecular weight is 611 g/mol. The Kier molecular flexibility index (Phi) is 44.3. The molecule has 0 N–H and O–H groups in total. The molecule has 2 saturated carbocycles. The van der Waals surface area contributed by atoms with Crippen molar-refractivity contribution in [3.8, 4) is 0 Å². The Balaban J connectivity index is -0.000000246. The smallest absolute Gasteiger partial charge is 0.0357 e. The van der Waals surface area contributed by atoms with Gasteiger partial charge in [0.2, 0.25) is 0 Å². The Morgan fingerprint density at radius 3 is 1.49 bits per heavy atom. The van der Waals surface area contributed by atoms with E-state index in [1.54, 1.807) is 0 Å². The lowest BCUT2D eigenvalue weighted by atomic mass is 9.74. The normalized spacial score (nSPS) is 23.2. The number of hydrogen-bond acceptors (Lipinski definition) is 0. The third-order valence-corrected chi connectivity index (χ3v) is 9.92. The van der Waals surface area contributed by atoms with Crippen LogP contribution in [0.2, 0.25) is 0 Å². The van der Waals surface area contributed by atoms with Crippen molar-refractivity contribution in [2.75, 3.05) is 0 Å². The van der Waals surface area contributed by atoms with E-state index in [0.717, 1.165) is 47.3 Å². The number of unbranched alkanes of at least 4 members (excludes halogenated alkanes) is 3. The SMILES string of the molecule is CC.CC.CCCC.CCCC(CC)CCCC(CC)C1CC1C.CCCC1CCC(C)CC1C.CCCCCC(C)C. The van der Waals surface area contributed by atoms with E-state index in [1.807, 2.05) is 27.7 Å². The van der Waals surface area contributed by atoms with Crippen molar-refractivity contribution in [3.05, 3.63) is 0 Å². The molecule has 2 aliphatic rings. The van der Waals surface area contributed by atoms with Gasteiger partial charge in [-0.3, -0.25) is 0 Å². The van der Waals surface area contributed by atoms with E-state index in [2.05, 4.69) is 83.1 Å². The van der Waals surface area contributed by atoms with E-state index < -0.39 is 0 Å². The van der Waals surface area contributed by atoms with Crippen LogP contribution in [0.25, 0.3) is 0 Å². The highest BCUT2D eigenvalue weighted by Gasteiger charge is 2.37. The molecule has 266 valence electrons. The van der Waals surface area contributed by atoms with Gasteiger partial charge in [-0.05, 0) is 66.6 Å². The molecule has 7 atom stereocenters. The van der Waals surface area contributed by atoms with E-state index in [-0.39, 0.29) is 0 Å². The summed E-state index contributed by atoms with van der Waals surface area (Å²) in [4.78, 5) is 0. The zero-order valence-electron chi connectivity index (χ0n) is 34.1. The first kappa shape index (κ1) is 49.9. The summed E-state index contributed by atoms with van der Waals surface area (Å²) in [5.41, 5.74) is 0. The molecule has 43 heavy (non-hydrogen) atoms. The predicted molar refractivity (Wildman–Crippen MR) is 206 cm³/mol. The van der Waals surface area contributed by atoms with E-state index in [9.17, 15) is 0 Å². The highest BCUT2D eigenvalue weighted by atomic mass is 14.4. The van der Waals surface area contributed by atoms with Crippen molar-refractivity contribution in [2.24, 2.45) is 47.3 Å². The third-order valence-electron chi connectivity index (χ3n) is 9.92. The second-order valence-electron chi connectivity index (χ2n) is 14.4. The van der Waals surface area contributed by atoms with E-state index in [1.165, 1.54) is 122 Å². The van der Waals surface area contributed by atoms with E-state index >= 15 is 0 Å². The molecule has 0 radical (unpaired) electrons. The molecule has 0 nitrogen and oxygen atoms in total. The van der Waals surface area contributed by atoms with Crippen LogP contribution in [0.1, 0.15) is 233 Å². The van der Waals surface area contributed by atoms with Crippen molar-refractivity contribution in [3.63, 3.8) is 0 Å². The van der Waals surface area contributed by atoms with Crippen LogP contribution in [0.4, 0.5) is 0 Å². The molecular weight excluding hydrogens is 516 g/mol. The lowest BCUT2D eigenvalue weighted by molar-refractivity contribution is 0.193. The minimum atomic E-state index is 0.904. The minimum absolute atomic E-state index is 0.904. The third kappa shape index (κ3) is 33.2. The van der Waals surface area contributed by atoms with Crippen LogP contribution in [0, 0.1) is 47.3 Å². The first-order valence-electron chi connectivity index (χ1n) is 20.6. The van der Waals surface area contributed by atoms with Crippen molar-refractivity contribution >= 4 is 0 Å². The van der Waals surface area contributed by atoms with Gasteiger partial charge in [-0.1, -0.05) is 214 Å². The molecule has 0 aromatic rings. The maximum atomic E-state index is 2.44. The zero-order valence-corrected chi connectivity index (χ0v) is 34.1. The standard InChI is InChI=1S/C16H32.C11H22.C8H18.C4H10.2C2H6/c1-5-9-14(6-2)10-8-11-15(7-3)16-12-13(16)4;1-4-5-11-7-6-9(2)8-10(11)3;1-4-5-6-7-8(2)3;1-3-4-2;2*1-2/h13-16H,5-12H2,1-4H3;9-11H,4-8H2,1-3H3;8H,4-7H2,1-3H3;3-4H2,1-2H3;2*1-2H3. The van der Waals surface area contributed by atoms with Gasteiger partial charge in [0.05, 0.1) is 0 Å². The number of rotatable bonds is 16. The van der Waals surface area contributed by atoms with Gasteiger partial charge in [-0.2, -0.15) is 0 Å². The highest BCUT2D eigenvalue weighted by Crippen LogP contribution is 2.47. The molecule has 2 rings (SSSR count). The van der Waals surface area contributed by atoms with Gasteiger partial charge in [0.1, 0.15) is 0 Å². The van der Waals surface area contributed by atoms with Crippen LogP contribution in [-0.2, 0) is 0 Å². The van der Waals surface area contributed by atoms with Gasteiger partial charge < -0.3 is 0 Å². The van der Waals surface area contributed by atoms with Crippen LogP contribution in [-0.4, -0.2) is 0 Å². The summed E-state index contributed by atoms with van der Waals surface area (Å²) in [7, 11) is 0. The first-order valence-corrected chi connectivity index (χ1v) is 20.6. The van der Waals surface area contributed by atoms with Crippen LogP contribution in [0.5, 0.6) is 0 Å². The van der Waals surface area contributed by atoms with E-state index in [0.29, 0.717) is 0 Å². The molecule has 0 amide bonds. The van der Waals surface area contributed by atoms with Crippen molar-refractivity contribution in [1.82, 2.24) is 0 Å². The highest BCUT2D eigenvalue weighted by molar-refractivity contribution is 4.87. The lowest BCUT2D eigenvalue weighted by Gasteiger charge is -2.32. The summed E-state index contributed by atoms with van der Waals surface area (Å²) >= 11 is 0. The summed E-state index contributed by atoms with van der Waals surface area (Å²) < 4.78 is 0. The summed E-state index contributed by atoms with van der Waals surface area (Å²) in [6.45, 7) is 35.8. The second kappa shape index (κ2) is 38.2. The molecule has 0 spiro atoms. The molecule has 0 heterocycles. The van der Waals surface area contributed by atoms with Crippen LogP contribution in [0.15, 0.2) is 0 Å². The molecule has 0 aromatic heterocycles. The monoisotopic (exact) mass is 611 g/mol. The molecule has 0 aromatic carbocycles. The molecule has 2 fully saturated rings. The first-order chi connectivity index (χ1) is 20.6. The molecule has 7 unspecified atom stereocenters. The van der Waals surface area contributed by atoms with Gasteiger partial charge >= 0.3 is 0 Å². The Labute approximate surface area is 279 Å². The van der Waals surface area contributed by atoms with Gasteiger partial charge in [0.25, 0.3) is 0 Å². The maximum absolute atomic E-state index is 2.44. The zero-order chi connectivity index (χ0) is 34.1. The van der Waals surface area contributed by atoms with Crippen molar-refractivity contribution in [1.29, 1.82) is 0 Å². The fourth-order valence-corrected chi connectivity index (χ4v) is 6.69. The Morgan fingerprint density at radius 2 is 1.12 bits per heavy atom. The maximum Gasteiger partial charge on any atom is -0.0357 e. The van der Waals surface area contributed by atoms with Gasteiger partial charge in [-0.25, -0.2) is 0 Å². The fourth-order valence-electron chi connectivity index (χ4n) is 6.69. The second-order valence-corrected chi connectivity index (χ2v) is 14.4. The molecular formula is C43H94. The number of hydrogen-bond donors (Lipinski definition) is 0. The molecule has 2 aliphatic carbocycles. The molecule has 0 aliphatic heterocycles. The predicted octanol–water partition coefficient (Wildman–Crippen LogP) is 16.6. The summed E-state index contributed by atoms with van der Waals surface area (Å²) in [5.74, 6) is 8.15. The summed E-state index contributed by atoms with van der Waals surface area (Å²) in [6.07, 6.45) is 27.2. The van der Waals surface area contributed by atoms with Crippen molar-refractivity contribution in [2.45, 2.75) is 233 Å². The van der Waals surface area contributed by atoms with Gasteiger partial charge in [-0.15, -0.1) is 0 Å². The van der Waals surface area contributed by atoms with Crippen LogP contribution in [0.3, 0.4) is 0 Å². The van der Waals surface area contributed by atoms with Crippen LogP contribution >= 0.6 is 0 Å². The summed E-state index contributed by atoms with van der Waals surface area (Å²) in [5, 5.41) is 0. The van der Waals surface area contributed by atoms with Gasteiger partial charge in [0, 0.05) is 0 Å².